The number of esters is 1. The predicted octanol–water partition coefficient (Wildman–Crippen LogP) is 4.39. The number of likely N-dealkylation sites (N-methyl/N-ethyl adjacent to an activating group) is 1. The molecule has 0 unspecified atom stereocenters. The molecular weight excluding hydrogens is 464 g/mol. The maximum atomic E-state index is 14.0. The third-order valence-electron chi connectivity index (χ3n) is 12.6. The Balaban J connectivity index is 1.27. The van der Waals surface area contributed by atoms with Crippen LogP contribution in [0.1, 0.15) is 85.0 Å². The third-order valence-corrected chi connectivity index (χ3v) is 12.6. The molecule has 5 rings (SSSR count). The van der Waals surface area contributed by atoms with Crippen LogP contribution in [0.2, 0.25) is 0 Å². The van der Waals surface area contributed by atoms with E-state index >= 15 is 0 Å². The van der Waals surface area contributed by atoms with E-state index in [2.05, 4.69) is 37.6 Å². The van der Waals surface area contributed by atoms with Crippen molar-refractivity contribution >= 4 is 11.8 Å². The first-order valence-electron chi connectivity index (χ1n) is 15.2. The molecule has 1 N–H and O–H groups in total. The number of Topliss-reactive ketones (excluding diaryl/α,β-unsaturated/α-hetero) is 1. The van der Waals surface area contributed by atoms with Gasteiger partial charge in [0.05, 0.1) is 12.7 Å². The lowest BCUT2D eigenvalue weighted by Gasteiger charge is -2.62. The molecule has 9 atom stereocenters. The van der Waals surface area contributed by atoms with Crippen molar-refractivity contribution in [2.75, 3.05) is 46.9 Å². The van der Waals surface area contributed by atoms with Gasteiger partial charge in [0.1, 0.15) is 5.78 Å². The minimum atomic E-state index is -0.576. The van der Waals surface area contributed by atoms with E-state index in [0.29, 0.717) is 47.7 Å². The van der Waals surface area contributed by atoms with Crippen molar-refractivity contribution in [3.05, 3.63) is 0 Å². The van der Waals surface area contributed by atoms with Gasteiger partial charge in [0, 0.05) is 51.0 Å². The highest BCUT2D eigenvalue weighted by Gasteiger charge is 2.64. The highest BCUT2D eigenvalue weighted by molar-refractivity contribution is 5.87. The molecule has 0 aromatic carbocycles. The van der Waals surface area contributed by atoms with Crippen LogP contribution in [0.5, 0.6) is 0 Å². The smallest absolute Gasteiger partial charge is 0.305 e. The monoisotopic (exact) mass is 516 g/mol. The van der Waals surface area contributed by atoms with E-state index in [0.717, 1.165) is 77.7 Å². The zero-order valence-electron chi connectivity index (χ0n) is 24.1. The van der Waals surface area contributed by atoms with Crippen molar-refractivity contribution in [1.29, 1.82) is 0 Å². The molecule has 6 heteroatoms. The number of carbonyl (C=O) groups excluding carboxylic acids is 2. The largest absolute Gasteiger partial charge is 0.469 e. The molecule has 5 fully saturated rings. The summed E-state index contributed by atoms with van der Waals surface area (Å²) in [6, 6.07) is 0. The number of β-amino-alcohol motifs (C(OH)–C–C–N with tert-alkyl or cyclic N) is 1. The molecule has 37 heavy (non-hydrogen) atoms. The van der Waals surface area contributed by atoms with E-state index in [1.807, 2.05) is 0 Å². The topological polar surface area (TPSA) is 70.1 Å². The van der Waals surface area contributed by atoms with Crippen molar-refractivity contribution in [3.8, 4) is 0 Å². The fourth-order valence-corrected chi connectivity index (χ4v) is 10.2. The Hall–Kier alpha value is -0.980. The molecule has 5 aliphatic rings. The Kier molecular flexibility index (Phi) is 7.61. The van der Waals surface area contributed by atoms with Gasteiger partial charge in [-0.1, -0.05) is 20.8 Å². The van der Waals surface area contributed by atoms with Crippen LogP contribution in [0.25, 0.3) is 0 Å². The molecule has 1 aliphatic heterocycles. The SMILES string of the molecule is COC(=O)CC[C@@H](C)[C@H]1CC[C@H]2[C@@H]3CC[C@@H]4C[C@](O)(CN5CCN(C)CC5)CC[C@]4(C)[C@H]3CC(=O)[C@]12C. The van der Waals surface area contributed by atoms with E-state index in [1.165, 1.54) is 20.0 Å². The second-order valence-electron chi connectivity index (χ2n) is 14.4. The number of piperazine rings is 1. The summed E-state index contributed by atoms with van der Waals surface area (Å²) >= 11 is 0. The Morgan fingerprint density at radius 2 is 1.81 bits per heavy atom. The Morgan fingerprint density at radius 1 is 1.08 bits per heavy atom. The number of fused-ring (bicyclic) bond motifs is 5. The first kappa shape index (κ1) is 27.6. The van der Waals surface area contributed by atoms with E-state index in [9.17, 15) is 14.7 Å². The van der Waals surface area contributed by atoms with Crippen LogP contribution in [0.15, 0.2) is 0 Å². The van der Waals surface area contributed by atoms with E-state index in [1.54, 1.807) is 0 Å². The summed E-state index contributed by atoms with van der Waals surface area (Å²) in [7, 11) is 3.64. The fraction of sp³-hybridized carbons (Fsp3) is 0.935. The molecule has 1 saturated heterocycles. The van der Waals surface area contributed by atoms with Crippen molar-refractivity contribution in [3.63, 3.8) is 0 Å². The summed E-state index contributed by atoms with van der Waals surface area (Å²) in [5.41, 5.74) is -0.646. The standard InChI is InChI=1S/C31H52N2O4/c1-21(6-11-28(35)37-5)24-9-10-25-23-8-7-22-19-31(36,20-33-16-14-32(4)15-17-33)13-12-29(22,2)26(23)18-27(34)30(24,25)3/h21-26,36H,6-20H2,1-5H3/t21-,22-,23+,24-,25+,26+,29+,30-,31+/m1/s1. The minimum absolute atomic E-state index is 0.141. The highest BCUT2D eigenvalue weighted by atomic mass is 16.5. The number of hydrogen-bond donors (Lipinski definition) is 1. The Morgan fingerprint density at radius 3 is 2.51 bits per heavy atom. The normalized spacial score (nSPS) is 45.6. The second kappa shape index (κ2) is 10.2. The predicted molar refractivity (Wildman–Crippen MR) is 145 cm³/mol. The molecule has 0 bridgehead atoms. The third kappa shape index (κ3) is 4.82. The lowest BCUT2D eigenvalue weighted by Crippen LogP contribution is -2.60. The number of ketones is 1. The van der Waals surface area contributed by atoms with E-state index in [-0.39, 0.29) is 16.8 Å². The number of hydrogen-bond acceptors (Lipinski definition) is 6. The Labute approximate surface area is 224 Å². The molecule has 0 amide bonds. The fourth-order valence-electron chi connectivity index (χ4n) is 10.2. The van der Waals surface area contributed by atoms with Gasteiger partial charge >= 0.3 is 5.97 Å². The van der Waals surface area contributed by atoms with Gasteiger partial charge in [0.15, 0.2) is 0 Å². The van der Waals surface area contributed by atoms with Gasteiger partial charge in [-0.05, 0) is 99.3 Å². The maximum Gasteiger partial charge on any atom is 0.305 e. The van der Waals surface area contributed by atoms with Crippen LogP contribution in [0.3, 0.4) is 0 Å². The quantitative estimate of drug-likeness (QED) is 0.528. The van der Waals surface area contributed by atoms with Crippen LogP contribution < -0.4 is 0 Å². The van der Waals surface area contributed by atoms with E-state index < -0.39 is 5.60 Å². The maximum absolute atomic E-state index is 14.0. The van der Waals surface area contributed by atoms with Crippen molar-refractivity contribution in [2.45, 2.75) is 90.6 Å². The summed E-state index contributed by atoms with van der Waals surface area (Å²) in [5.74, 6) is 3.19. The lowest BCUT2D eigenvalue weighted by molar-refractivity contribution is -0.170. The van der Waals surface area contributed by atoms with Gasteiger partial charge < -0.3 is 14.7 Å². The Bertz CT molecular complexity index is 871. The number of methoxy groups -OCH3 is 1. The molecular formula is C31H52N2O4. The molecule has 0 aromatic rings. The first-order valence-corrected chi connectivity index (χ1v) is 15.2. The molecule has 0 aromatic heterocycles. The van der Waals surface area contributed by atoms with Gasteiger partial charge in [-0.25, -0.2) is 0 Å². The summed E-state index contributed by atoms with van der Waals surface area (Å²) < 4.78 is 4.88. The summed E-state index contributed by atoms with van der Waals surface area (Å²) in [6.45, 7) is 12.1. The number of ether oxygens (including phenoxy) is 1. The minimum Gasteiger partial charge on any atom is -0.469 e. The van der Waals surface area contributed by atoms with Gasteiger partial charge in [-0.2, -0.15) is 0 Å². The molecule has 6 nitrogen and oxygen atoms in total. The van der Waals surface area contributed by atoms with Crippen LogP contribution in [0, 0.1) is 46.3 Å². The molecule has 0 radical (unpaired) electrons. The number of aliphatic hydroxyl groups is 1. The summed E-state index contributed by atoms with van der Waals surface area (Å²) in [6.07, 6.45) is 9.51. The highest BCUT2D eigenvalue weighted by Crippen LogP contribution is 2.68. The van der Waals surface area contributed by atoms with Crippen LogP contribution in [-0.2, 0) is 14.3 Å². The average Bonchev–Trinajstić information content (AvgIpc) is 3.24. The zero-order chi connectivity index (χ0) is 26.6. The van der Waals surface area contributed by atoms with Gasteiger partial charge in [-0.3, -0.25) is 14.5 Å². The zero-order valence-corrected chi connectivity index (χ0v) is 24.1. The van der Waals surface area contributed by atoms with Crippen molar-refractivity contribution in [1.82, 2.24) is 9.80 Å². The average molecular weight is 517 g/mol. The lowest BCUT2D eigenvalue weighted by atomic mass is 9.43. The van der Waals surface area contributed by atoms with Crippen molar-refractivity contribution in [2.24, 2.45) is 46.3 Å². The molecule has 4 aliphatic carbocycles. The number of rotatable bonds is 6. The van der Waals surface area contributed by atoms with Crippen molar-refractivity contribution < 1.29 is 19.4 Å². The van der Waals surface area contributed by atoms with Gasteiger partial charge in [-0.15, -0.1) is 0 Å². The molecule has 4 saturated carbocycles. The number of nitrogens with zero attached hydrogens (tertiary/aromatic N) is 2. The van der Waals surface area contributed by atoms with Crippen LogP contribution in [-0.4, -0.2) is 79.1 Å². The van der Waals surface area contributed by atoms with E-state index in [4.69, 9.17) is 4.74 Å². The van der Waals surface area contributed by atoms with Gasteiger partial charge in [0.25, 0.3) is 0 Å². The van der Waals surface area contributed by atoms with Crippen LogP contribution in [0.4, 0.5) is 0 Å². The molecule has 1 heterocycles. The second-order valence-corrected chi connectivity index (χ2v) is 14.4. The first-order chi connectivity index (χ1) is 17.5. The van der Waals surface area contributed by atoms with Gasteiger partial charge in [0.2, 0.25) is 0 Å². The molecule has 0 spiro atoms. The number of carbonyl (C=O) groups is 2. The molecule has 210 valence electrons. The van der Waals surface area contributed by atoms with Crippen LogP contribution >= 0.6 is 0 Å². The summed E-state index contributed by atoms with van der Waals surface area (Å²) in [5, 5.41) is 11.7. The summed E-state index contributed by atoms with van der Waals surface area (Å²) in [4.78, 5) is 30.7.